The van der Waals surface area contributed by atoms with Gasteiger partial charge in [0, 0.05) is 18.0 Å². The molecular formula is C28H26N2OS. The lowest BCUT2D eigenvalue weighted by Gasteiger charge is -2.26. The van der Waals surface area contributed by atoms with Gasteiger partial charge in [-0.1, -0.05) is 90.6 Å². The highest BCUT2D eigenvalue weighted by Gasteiger charge is 2.15. The highest BCUT2D eigenvalue weighted by atomic mass is 32.2. The average Bonchev–Trinajstić information content (AvgIpc) is 2.84. The Balaban J connectivity index is 1.66. The lowest BCUT2D eigenvalue weighted by molar-refractivity contribution is 0.424. The molecule has 1 N–H and O–H groups in total. The van der Waals surface area contributed by atoms with Gasteiger partial charge in [-0.05, 0) is 53.9 Å². The maximum atomic E-state index is 9.70. The van der Waals surface area contributed by atoms with Crippen LogP contribution in [-0.4, -0.2) is 21.7 Å². The number of benzene rings is 4. The second kappa shape index (κ2) is 11.2. The average molecular weight is 439 g/mol. The second-order valence-corrected chi connectivity index (χ2v) is 8.51. The number of rotatable bonds is 7. The van der Waals surface area contributed by atoms with E-state index >= 15 is 0 Å². The summed E-state index contributed by atoms with van der Waals surface area (Å²) in [4.78, 5) is 8.51. The van der Waals surface area contributed by atoms with Crippen LogP contribution in [-0.2, 0) is 13.0 Å². The molecule has 0 amide bonds. The fourth-order valence-electron chi connectivity index (χ4n) is 3.34. The summed E-state index contributed by atoms with van der Waals surface area (Å²) in [6.45, 7) is 1.54. The zero-order chi connectivity index (χ0) is 22.0. The Morgan fingerprint density at radius 3 is 1.94 bits per heavy atom. The van der Waals surface area contributed by atoms with Crippen molar-refractivity contribution in [3.05, 3.63) is 126 Å². The van der Waals surface area contributed by atoms with Gasteiger partial charge in [0.2, 0.25) is 0 Å². The SMILES string of the molecule is Oc1ccc(CN(CCc2ccccc2)C(=Nc2ccccc2)Sc2ccccc2)cc1. The Labute approximate surface area is 194 Å². The molecule has 0 radical (unpaired) electrons. The first kappa shape index (κ1) is 21.7. The Kier molecular flexibility index (Phi) is 7.61. The maximum Gasteiger partial charge on any atom is 0.169 e. The highest BCUT2D eigenvalue weighted by molar-refractivity contribution is 8.13. The van der Waals surface area contributed by atoms with Crippen molar-refractivity contribution < 1.29 is 5.11 Å². The summed E-state index contributed by atoms with van der Waals surface area (Å²) in [5.41, 5.74) is 3.36. The number of phenolic OH excluding ortho intramolecular Hbond substituents is 1. The van der Waals surface area contributed by atoms with Crippen LogP contribution in [0.1, 0.15) is 11.1 Å². The van der Waals surface area contributed by atoms with Crippen LogP contribution in [0.4, 0.5) is 5.69 Å². The number of nitrogens with zero attached hydrogens (tertiary/aromatic N) is 2. The van der Waals surface area contributed by atoms with Crippen molar-refractivity contribution in [1.82, 2.24) is 4.90 Å². The Hall–Kier alpha value is -3.50. The molecule has 0 atom stereocenters. The van der Waals surface area contributed by atoms with Crippen molar-refractivity contribution in [2.45, 2.75) is 17.9 Å². The lowest BCUT2D eigenvalue weighted by Crippen LogP contribution is -2.30. The number of thioether (sulfide) groups is 1. The van der Waals surface area contributed by atoms with Crippen molar-refractivity contribution in [1.29, 1.82) is 0 Å². The van der Waals surface area contributed by atoms with Crippen LogP contribution < -0.4 is 0 Å². The molecule has 0 aliphatic heterocycles. The molecule has 0 spiro atoms. The van der Waals surface area contributed by atoms with Gasteiger partial charge in [0.15, 0.2) is 5.17 Å². The molecule has 32 heavy (non-hydrogen) atoms. The summed E-state index contributed by atoms with van der Waals surface area (Å²) in [6, 6.07) is 38.4. The fraction of sp³-hybridized carbons (Fsp3) is 0.107. The third-order valence-corrected chi connectivity index (χ3v) is 6.07. The number of hydrogen-bond acceptors (Lipinski definition) is 3. The molecule has 0 bridgehead atoms. The molecule has 0 aliphatic rings. The van der Waals surface area contributed by atoms with Crippen LogP contribution in [0.2, 0.25) is 0 Å². The van der Waals surface area contributed by atoms with Gasteiger partial charge in [0.1, 0.15) is 5.75 Å². The Morgan fingerprint density at radius 2 is 1.28 bits per heavy atom. The van der Waals surface area contributed by atoms with Crippen LogP contribution >= 0.6 is 11.8 Å². The topological polar surface area (TPSA) is 35.8 Å². The second-order valence-electron chi connectivity index (χ2n) is 7.47. The number of hydrogen-bond donors (Lipinski definition) is 1. The molecule has 0 aliphatic carbocycles. The first-order valence-electron chi connectivity index (χ1n) is 10.7. The lowest BCUT2D eigenvalue weighted by atomic mass is 10.1. The Bertz CT molecular complexity index is 1110. The quantitative estimate of drug-likeness (QED) is 0.193. The highest BCUT2D eigenvalue weighted by Crippen LogP contribution is 2.26. The monoisotopic (exact) mass is 438 g/mol. The van der Waals surface area contributed by atoms with Crippen molar-refractivity contribution >= 4 is 22.6 Å². The summed E-state index contributed by atoms with van der Waals surface area (Å²) in [6.07, 6.45) is 0.919. The van der Waals surface area contributed by atoms with E-state index in [-0.39, 0.29) is 5.75 Å². The minimum Gasteiger partial charge on any atom is -0.508 e. The third-order valence-electron chi connectivity index (χ3n) is 5.03. The van der Waals surface area contributed by atoms with E-state index in [0.29, 0.717) is 6.54 Å². The number of aliphatic imine (C=N–C) groups is 1. The molecule has 0 saturated carbocycles. The van der Waals surface area contributed by atoms with Crippen molar-refractivity contribution in [2.24, 2.45) is 4.99 Å². The van der Waals surface area contributed by atoms with Crippen LogP contribution in [0.5, 0.6) is 5.75 Å². The van der Waals surface area contributed by atoms with E-state index in [1.165, 1.54) is 5.56 Å². The molecule has 3 nitrogen and oxygen atoms in total. The van der Waals surface area contributed by atoms with Crippen molar-refractivity contribution in [3.8, 4) is 5.75 Å². The van der Waals surface area contributed by atoms with Gasteiger partial charge in [-0.25, -0.2) is 4.99 Å². The standard InChI is InChI=1S/C28H26N2OS/c31-26-18-16-24(17-19-26)22-30(21-20-23-10-4-1-5-11-23)28(29-25-12-6-2-7-13-25)32-27-14-8-3-9-15-27/h1-19,31H,20-22H2. The number of amidine groups is 1. The number of phenols is 1. The van der Waals surface area contributed by atoms with Crippen LogP contribution in [0, 0.1) is 0 Å². The Morgan fingerprint density at radius 1 is 0.688 bits per heavy atom. The summed E-state index contributed by atoms with van der Waals surface area (Å²) in [5, 5.41) is 10.7. The molecule has 4 rings (SSSR count). The van der Waals surface area contributed by atoms with Crippen molar-refractivity contribution in [2.75, 3.05) is 6.54 Å². The molecule has 0 fully saturated rings. The molecule has 4 aromatic rings. The van der Waals surface area contributed by atoms with E-state index in [9.17, 15) is 5.11 Å². The minimum atomic E-state index is 0.279. The predicted molar refractivity (Wildman–Crippen MR) is 134 cm³/mol. The number of para-hydroxylation sites is 1. The van der Waals surface area contributed by atoms with E-state index in [1.807, 2.05) is 54.6 Å². The minimum absolute atomic E-state index is 0.279. The van der Waals surface area contributed by atoms with E-state index < -0.39 is 0 Å². The molecule has 160 valence electrons. The number of aromatic hydroxyl groups is 1. The maximum absolute atomic E-state index is 9.70. The summed E-state index contributed by atoms with van der Waals surface area (Å²) in [5.74, 6) is 0.279. The largest absolute Gasteiger partial charge is 0.508 e. The molecule has 4 heteroatoms. The van der Waals surface area contributed by atoms with Crippen LogP contribution in [0.3, 0.4) is 0 Å². The molecule has 0 saturated heterocycles. The third kappa shape index (κ3) is 6.50. The van der Waals surface area contributed by atoms with Crippen LogP contribution in [0.25, 0.3) is 0 Å². The molecule has 0 heterocycles. The summed E-state index contributed by atoms with van der Waals surface area (Å²) < 4.78 is 0. The van der Waals surface area contributed by atoms with Gasteiger partial charge >= 0.3 is 0 Å². The summed E-state index contributed by atoms with van der Waals surface area (Å²) in [7, 11) is 0. The zero-order valence-electron chi connectivity index (χ0n) is 17.8. The molecular weight excluding hydrogens is 412 g/mol. The van der Waals surface area contributed by atoms with Gasteiger partial charge in [0.25, 0.3) is 0 Å². The van der Waals surface area contributed by atoms with Gasteiger partial charge in [-0.15, -0.1) is 0 Å². The summed E-state index contributed by atoms with van der Waals surface area (Å²) >= 11 is 1.68. The van der Waals surface area contributed by atoms with Gasteiger partial charge in [-0.3, -0.25) is 0 Å². The van der Waals surface area contributed by atoms with E-state index in [4.69, 9.17) is 4.99 Å². The van der Waals surface area contributed by atoms with E-state index in [0.717, 1.165) is 34.3 Å². The zero-order valence-corrected chi connectivity index (χ0v) is 18.7. The first-order valence-corrected chi connectivity index (χ1v) is 11.5. The first-order chi connectivity index (χ1) is 15.8. The van der Waals surface area contributed by atoms with Gasteiger partial charge in [-0.2, -0.15) is 0 Å². The van der Waals surface area contributed by atoms with E-state index in [2.05, 4.69) is 53.4 Å². The molecule has 0 aromatic heterocycles. The fourth-order valence-corrected chi connectivity index (χ4v) is 4.28. The normalized spacial score (nSPS) is 11.3. The molecule has 0 unspecified atom stereocenters. The van der Waals surface area contributed by atoms with Gasteiger partial charge < -0.3 is 10.0 Å². The van der Waals surface area contributed by atoms with Crippen molar-refractivity contribution in [3.63, 3.8) is 0 Å². The predicted octanol–water partition coefficient (Wildman–Crippen LogP) is 6.92. The van der Waals surface area contributed by atoms with Crippen LogP contribution in [0.15, 0.2) is 125 Å². The smallest absolute Gasteiger partial charge is 0.169 e. The van der Waals surface area contributed by atoms with E-state index in [1.54, 1.807) is 23.9 Å². The van der Waals surface area contributed by atoms with Gasteiger partial charge in [0.05, 0.1) is 5.69 Å². The molecule has 4 aromatic carbocycles.